The van der Waals surface area contributed by atoms with Crippen LogP contribution in [0.5, 0.6) is 0 Å². The van der Waals surface area contributed by atoms with E-state index in [1.807, 2.05) is 12.4 Å². The van der Waals surface area contributed by atoms with Gasteiger partial charge in [0, 0.05) is 51.4 Å². The van der Waals surface area contributed by atoms with Crippen LogP contribution < -0.4 is 4.90 Å². The van der Waals surface area contributed by atoms with Gasteiger partial charge in [0.2, 0.25) is 0 Å². The summed E-state index contributed by atoms with van der Waals surface area (Å²) < 4.78 is 0. The highest BCUT2D eigenvalue weighted by atomic mass is 15.1. The second kappa shape index (κ2) is 15.0. The van der Waals surface area contributed by atoms with Crippen LogP contribution in [0.3, 0.4) is 0 Å². The van der Waals surface area contributed by atoms with Crippen molar-refractivity contribution in [3.05, 3.63) is 237 Å². The maximum absolute atomic E-state index is 4.93. The Hall–Kier alpha value is -8.66. The molecule has 0 amide bonds. The second-order valence-corrected chi connectivity index (χ2v) is 17.0. The number of hydrogen-bond donors (Lipinski definition) is 0. The molecule has 13 aromatic rings. The summed E-state index contributed by atoms with van der Waals surface area (Å²) in [5.41, 5.74) is 9.75. The topological polar surface area (TPSA) is 29.0 Å². The molecule has 0 fully saturated rings. The molecular weight excluding hydrogens is 787 g/mol. The molecule has 0 aliphatic carbocycles. The summed E-state index contributed by atoms with van der Waals surface area (Å²) in [7, 11) is 0. The first-order valence-electron chi connectivity index (χ1n) is 22.2. The molecule has 65 heavy (non-hydrogen) atoms. The van der Waals surface area contributed by atoms with Gasteiger partial charge in [-0.25, -0.2) is 0 Å². The van der Waals surface area contributed by atoms with Gasteiger partial charge < -0.3 is 4.90 Å². The molecule has 0 saturated heterocycles. The van der Waals surface area contributed by atoms with Gasteiger partial charge in [0.15, 0.2) is 0 Å². The molecule has 0 aliphatic rings. The Kier molecular flexibility index (Phi) is 8.53. The first kappa shape index (κ1) is 36.9. The number of fused-ring (bicyclic) bond motifs is 10. The van der Waals surface area contributed by atoms with Gasteiger partial charge in [-0.1, -0.05) is 164 Å². The summed E-state index contributed by atoms with van der Waals surface area (Å²) in [6.07, 6.45) is 3.87. The Morgan fingerprint density at radius 3 is 1.20 bits per heavy atom. The van der Waals surface area contributed by atoms with Crippen molar-refractivity contribution in [3.8, 4) is 33.6 Å². The monoisotopic (exact) mass is 825 g/mol. The van der Waals surface area contributed by atoms with Gasteiger partial charge in [-0.05, 0) is 136 Å². The molecule has 13 rings (SSSR count). The first-order chi connectivity index (χ1) is 32.2. The molecule has 0 saturated carbocycles. The largest absolute Gasteiger partial charge is 0.310 e. The molecular formula is C62H39N3. The Bertz CT molecular complexity index is 3840. The lowest BCUT2D eigenvalue weighted by molar-refractivity contribution is 1.28. The summed E-state index contributed by atoms with van der Waals surface area (Å²) in [4.78, 5) is 12.2. The van der Waals surface area contributed by atoms with Crippen molar-refractivity contribution in [3.63, 3.8) is 0 Å². The quantitative estimate of drug-likeness (QED) is 0.156. The normalized spacial score (nSPS) is 11.7. The molecule has 0 atom stereocenters. The van der Waals surface area contributed by atoms with Gasteiger partial charge >= 0.3 is 0 Å². The van der Waals surface area contributed by atoms with Crippen molar-refractivity contribution >= 4 is 92.5 Å². The number of benzene rings is 11. The zero-order chi connectivity index (χ0) is 42.8. The maximum atomic E-state index is 4.93. The highest BCUT2D eigenvalue weighted by Crippen LogP contribution is 2.41. The van der Waals surface area contributed by atoms with Crippen LogP contribution in [0.2, 0.25) is 0 Å². The zero-order valence-corrected chi connectivity index (χ0v) is 35.4. The molecule has 3 nitrogen and oxygen atoms in total. The second-order valence-electron chi connectivity index (χ2n) is 17.0. The number of nitrogens with zero attached hydrogens (tertiary/aromatic N) is 3. The van der Waals surface area contributed by atoms with E-state index in [1.54, 1.807) is 0 Å². The lowest BCUT2D eigenvalue weighted by Crippen LogP contribution is -2.10. The smallest absolute Gasteiger partial charge is 0.0780 e. The summed E-state index contributed by atoms with van der Waals surface area (Å²) in [5.74, 6) is 0. The van der Waals surface area contributed by atoms with Crippen molar-refractivity contribution < 1.29 is 0 Å². The van der Waals surface area contributed by atoms with Gasteiger partial charge in [0.1, 0.15) is 0 Å². The van der Waals surface area contributed by atoms with E-state index in [1.165, 1.54) is 75.8 Å². The fourth-order valence-electron chi connectivity index (χ4n) is 10.1. The molecule has 2 heterocycles. The van der Waals surface area contributed by atoms with Gasteiger partial charge in [0.05, 0.1) is 11.4 Å². The molecule has 3 heteroatoms. The highest BCUT2D eigenvalue weighted by Gasteiger charge is 2.17. The summed E-state index contributed by atoms with van der Waals surface area (Å²) in [5, 5.41) is 17.0. The minimum Gasteiger partial charge on any atom is -0.310 e. The van der Waals surface area contributed by atoms with Crippen LogP contribution in [0.1, 0.15) is 0 Å². The molecule has 0 spiro atoms. The van der Waals surface area contributed by atoms with E-state index in [-0.39, 0.29) is 0 Å². The van der Waals surface area contributed by atoms with Gasteiger partial charge in [-0.15, -0.1) is 0 Å². The number of anilines is 3. The van der Waals surface area contributed by atoms with E-state index in [0.717, 1.165) is 50.3 Å². The van der Waals surface area contributed by atoms with E-state index in [0.29, 0.717) is 0 Å². The number of pyridine rings is 2. The minimum atomic E-state index is 0.979. The Morgan fingerprint density at radius 2 is 0.615 bits per heavy atom. The SMILES string of the molecule is c1ccc2cc(-c3ccc4c(ccc5cc(N(c6ccc(-c7nccc8c7ccc7ccccc78)cc6)c6ccc(-c7nccc8c7ccc7ccccc78)cc6)ccc54)c3)ccc2c1. The number of rotatable bonds is 6. The van der Waals surface area contributed by atoms with E-state index in [4.69, 9.17) is 9.97 Å². The Labute approximate surface area is 376 Å². The van der Waals surface area contributed by atoms with Crippen LogP contribution in [0.25, 0.3) is 109 Å². The Morgan fingerprint density at radius 1 is 0.231 bits per heavy atom. The van der Waals surface area contributed by atoms with Crippen LogP contribution in [-0.2, 0) is 0 Å². The molecule has 0 unspecified atom stereocenters. The fraction of sp³-hybridized carbons (Fsp3) is 0. The van der Waals surface area contributed by atoms with Crippen LogP contribution in [0.4, 0.5) is 17.1 Å². The molecule has 0 radical (unpaired) electrons. The molecule has 0 bridgehead atoms. The van der Waals surface area contributed by atoms with Crippen molar-refractivity contribution in [2.24, 2.45) is 0 Å². The molecule has 0 aliphatic heterocycles. The van der Waals surface area contributed by atoms with Crippen molar-refractivity contribution in [2.75, 3.05) is 4.90 Å². The van der Waals surface area contributed by atoms with E-state index in [2.05, 4.69) is 229 Å². The van der Waals surface area contributed by atoms with Crippen LogP contribution in [0, 0.1) is 0 Å². The lowest BCUT2D eigenvalue weighted by atomic mass is 9.96. The van der Waals surface area contributed by atoms with Crippen LogP contribution >= 0.6 is 0 Å². The van der Waals surface area contributed by atoms with E-state index < -0.39 is 0 Å². The van der Waals surface area contributed by atoms with Crippen molar-refractivity contribution in [1.82, 2.24) is 9.97 Å². The number of hydrogen-bond acceptors (Lipinski definition) is 3. The van der Waals surface area contributed by atoms with E-state index in [9.17, 15) is 0 Å². The predicted molar refractivity (Wildman–Crippen MR) is 276 cm³/mol. The van der Waals surface area contributed by atoms with Crippen LogP contribution in [-0.4, -0.2) is 9.97 Å². The van der Waals surface area contributed by atoms with E-state index >= 15 is 0 Å². The lowest BCUT2D eigenvalue weighted by Gasteiger charge is -2.26. The minimum absolute atomic E-state index is 0.979. The molecule has 302 valence electrons. The summed E-state index contributed by atoms with van der Waals surface area (Å²) >= 11 is 0. The Balaban J connectivity index is 0.911. The third-order valence-corrected chi connectivity index (χ3v) is 13.3. The first-order valence-corrected chi connectivity index (χ1v) is 22.2. The summed E-state index contributed by atoms with van der Waals surface area (Å²) in [6, 6.07) is 81.5. The average Bonchev–Trinajstić information content (AvgIpc) is 3.38. The predicted octanol–water partition coefficient (Wildman–Crippen LogP) is 17.0. The molecule has 11 aromatic carbocycles. The molecule has 2 aromatic heterocycles. The number of aromatic nitrogens is 2. The van der Waals surface area contributed by atoms with Gasteiger partial charge in [-0.2, -0.15) is 0 Å². The highest BCUT2D eigenvalue weighted by molar-refractivity contribution is 6.13. The average molecular weight is 826 g/mol. The van der Waals surface area contributed by atoms with Gasteiger partial charge in [-0.3, -0.25) is 9.97 Å². The third-order valence-electron chi connectivity index (χ3n) is 13.3. The standard InChI is InChI=1S/C62H39N3/c1-2-10-45-37-46(14-13-40(45)7-1)47-23-29-55-48(38-47)15-16-49-39-52(28-32-56(49)55)65(50-24-17-43(18-25-50)61-59-30-21-41-8-3-5-11-53(41)57(59)33-35-63-61)51-26-19-44(20-27-51)62-60-31-22-42-9-4-6-12-54(42)58(60)34-36-64-62/h1-39H. The zero-order valence-electron chi connectivity index (χ0n) is 35.4. The van der Waals surface area contributed by atoms with Crippen LogP contribution in [0.15, 0.2) is 237 Å². The molecule has 0 N–H and O–H groups in total. The summed E-state index contributed by atoms with van der Waals surface area (Å²) in [6.45, 7) is 0. The van der Waals surface area contributed by atoms with Gasteiger partial charge in [0.25, 0.3) is 0 Å². The maximum Gasteiger partial charge on any atom is 0.0780 e. The van der Waals surface area contributed by atoms with Crippen molar-refractivity contribution in [1.29, 1.82) is 0 Å². The fourth-order valence-corrected chi connectivity index (χ4v) is 10.1. The third kappa shape index (κ3) is 6.28. The van der Waals surface area contributed by atoms with Crippen molar-refractivity contribution in [2.45, 2.75) is 0 Å².